The summed E-state index contributed by atoms with van der Waals surface area (Å²) >= 11 is 3.29. The monoisotopic (exact) mass is 425 g/mol. The SMILES string of the molecule is CCCC(Br)N(CC(F)(F)F)C(=O)C1c2ccccc2-c2ccccc21. The van der Waals surface area contributed by atoms with E-state index in [4.69, 9.17) is 0 Å². The summed E-state index contributed by atoms with van der Waals surface area (Å²) < 4.78 is 39.4. The van der Waals surface area contributed by atoms with Crippen molar-refractivity contribution in [1.29, 1.82) is 0 Å². The number of carbonyl (C=O) groups is 1. The Balaban J connectivity index is 2.04. The van der Waals surface area contributed by atoms with Crippen molar-refractivity contribution in [3.8, 4) is 11.1 Å². The Morgan fingerprint density at radius 3 is 2.04 bits per heavy atom. The number of benzene rings is 2. The highest BCUT2D eigenvalue weighted by atomic mass is 79.9. The molecule has 0 heterocycles. The van der Waals surface area contributed by atoms with Gasteiger partial charge < -0.3 is 4.90 Å². The third-order valence-electron chi connectivity index (χ3n) is 4.58. The van der Waals surface area contributed by atoms with Gasteiger partial charge in [-0.2, -0.15) is 13.2 Å². The summed E-state index contributed by atoms with van der Waals surface area (Å²) in [7, 11) is 0. The van der Waals surface area contributed by atoms with Crippen LogP contribution >= 0.6 is 15.9 Å². The van der Waals surface area contributed by atoms with E-state index >= 15 is 0 Å². The maximum atomic E-state index is 13.3. The van der Waals surface area contributed by atoms with E-state index in [9.17, 15) is 18.0 Å². The Morgan fingerprint density at radius 2 is 1.58 bits per heavy atom. The minimum absolute atomic E-state index is 0.456. The van der Waals surface area contributed by atoms with Crippen LogP contribution in [0.2, 0.25) is 0 Å². The Morgan fingerprint density at radius 1 is 1.08 bits per heavy atom. The highest BCUT2D eigenvalue weighted by Gasteiger charge is 2.41. The molecule has 138 valence electrons. The number of nitrogens with zero attached hydrogens (tertiary/aromatic N) is 1. The summed E-state index contributed by atoms with van der Waals surface area (Å²) in [5, 5.41) is 0. The second-order valence-corrected chi connectivity index (χ2v) is 7.47. The van der Waals surface area contributed by atoms with Crippen LogP contribution in [-0.2, 0) is 4.79 Å². The fraction of sp³-hybridized carbons (Fsp3) is 0.350. The van der Waals surface area contributed by atoms with Crippen molar-refractivity contribution in [2.45, 2.75) is 36.8 Å². The number of alkyl halides is 4. The first-order valence-corrected chi connectivity index (χ1v) is 9.44. The first-order chi connectivity index (χ1) is 12.3. The predicted molar refractivity (Wildman–Crippen MR) is 99.1 cm³/mol. The van der Waals surface area contributed by atoms with Gasteiger partial charge in [0, 0.05) is 0 Å². The zero-order valence-corrected chi connectivity index (χ0v) is 15.8. The molecule has 1 aliphatic rings. The van der Waals surface area contributed by atoms with Crippen LogP contribution in [0.25, 0.3) is 11.1 Å². The largest absolute Gasteiger partial charge is 0.406 e. The molecule has 6 heteroatoms. The molecule has 0 aromatic heterocycles. The van der Waals surface area contributed by atoms with Gasteiger partial charge in [-0.1, -0.05) is 77.8 Å². The number of halogens is 4. The predicted octanol–water partition coefficient (Wildman–Crippen LogP) is 5.71. The molecule has 3 rings (SSSR count). The van der Waals surface area contributed by atoms with Gasteiger partial charge >= 0.3 is 6.18 Å². The fourth-order valence-electron chi connectivity index (χ4n) is 3.49. The molecular weight excluding hydrogens is 407 g/mol. The molecule has 0 fully saturated rings. The van der Waals surface area contributed by atoms with Gasteiger partial charge in [-0.05, 0) is 28.7 Å². The number of amides is 1. The van der Waals surface area contributed by atoms with E-state index in [0.717, 1.165) is 27.2 Å². The Labute approximate surface area is 159 Å². The summed E-state index contributed by atoms with van der Waals surface area (Å²) in [6, 6.07) is 14.9. The molecule has 0 spiro atoms. The van der Waals surface area contributed by atoms with Crippen molar-refractivity contribution in [1.82, 2.24) is 4.90 Å². The van der Waals surface area contributed by atoms with Crippen LogP contribution in [-0.4, -0.2) is 28.5 Å². The molecule has 1 aliphatic carbocycles. The van der Waals surface area contributed by atoms with Gasteiger partial charge in [0.25, 0.3) is 0 Å². The van der Waals surface area contributed by atoms with E-state index in [1.807, 2.05) is 55.5 Å². The molecule has 1 atom stereocenters. The normalized spacial score (nSPS) is 14.7. The quantitative estimate of drug-likeness (QED) is 0.443. The number of fused-ring (bicyclic) bond motifs is 3. The second kappa shape index (κ2) is 7.43. The summed E-state index contributed by atoms with van der Waals surface area (Å²) in [5.74, 6) is -1.23. The minimum atomic E-state index is -4.45. The average molecular weight is 426 g/mol. The van der Waals surface area contributed by atoms with Gasteiger partial charge in [-0.25, -0.2) is 0 Å². The Kier molecular flexibility index (Phi) is 5.42. The molecule has 0 radical (unpaired) electrons. The van der Waals surface area contributed by atoms with Gasteiger partial charge in [-0.3, -0.25) is 4.79 Å². The number of hydrogen-bond acceptors (Lipinski definition) is 1. The summed E-state index contributed by atoms with van der Waals surface area (Å²) in [6.45, 7) is 0.618. The van der Waals surface area contributed by atoms with Gasteiger partial charge in [0.05, 0.1) is 10.9 Å². The molecule has 0 saturated heterocycles. The van der Waals surface area contributed by atoms with Crippen LogP contribution in [0, 0.1) is 0 Å². The van der Waals surface area contributed by atoms with Crippen LogP contribution < -0.4 is 0 Å². The van der Waals surface area contributed by atoms with Crippen LogP contribution in [0.1, 0.15) is 36.8 Å². The first-order valence-electron chi connectivity index (χ1n) is 8.53. The molecule has 0 N–H and O–H groups in total. The molecule has 1 unspecified atom stereocenters. The zero-order chi connectivity index (χ0) is 18.9. The van der Waals surface area contributed by atoms with E-state index in [-0.39, 0.29) is 0 Å². The van der Waals surface area contributed by atoms with Crippen molar-refractivity contribution in [2.75, 3.05) is 6.54 Å². The van der Waals surface area contributed by atoms with E-state index in [2.05, 4.69) is 15.9 Å². The zero-order valence-electron chi connectivity index (χ0n) is 14.3. The van der Waals surface area contributed by atoms with E-state index in [1.54, 1.807) is 0 Å². The van der Waals surface area contributed by atoms with Crippen molar-refractivity contribution >= 4 is 21.8 Å². The first kappa shape index (κ1) is 19.0. The van der Waals surface area contributed by atoms with Gasteiger partial charge in [0.2, 0.25) is 5.91 Å². The Hall–Kier alpha value is -1.82. The third kappa shape index (κ3) is 3.65. The van der Waals surface area contributed by atoms with Crippen LogP contribution in [0.15, 0.2) is 48.5 Å². The van der Waals surface area contributed by atoms with E-state index < -0.39 is 29.5 Å². The molecule has 2 nitrogen and oxygen atoms in total. The molecule has 2 aromatic rings. The maximum absolute atomic E-state index is 13.3. The highest BCUT2D eigenvalue weighted by Crippen LogP contribution is 2.46. The molecule has 0 saturated carbocycles. The number of hydrogen-bond donors (Lipinski definition) is 0. The van der Waals surface area contributed by atoms with Gasteiger partial charge in [-0.15, -0.1) is 0 Å². The summed E-state index contributed by atoms with van der Waals surface area (Å²) in [6.07, 6.45) is -3.32. The lowest BCUT2D eigenvalue weighted by atomic mass is 9.95. The van der Waals surface area contributed by atoms with Crippen molar-refractivity contribution < 1.29 is 18.0 Å². The van der Waals surface area contributed by atoms with Crippen molar-refractivity contribution in [3.63, 3.8) is 0 Å². The second-order valence-electron chi connectivity index (χ2n) is 6.41. The summed E-state index contributed by atoms with van der Waals surface area (Å²) in [5.41, 5.74) is 3.36. The maximum Gasteiger partial charge on any atom is 0.406 e. The van der Waals surface area contributed by atoms with Crippen molar-refractivity contribution in [2.24, 2.45) is 0 Å². The van der Waals surface area contributed by atoms with Crippen LogP contribution in [0.3, 0.4) is 0 Å². The molecule has 2 aromatic carbocycles. The fourth-order valence-corrected chi connectivity index (χ4v) is 4.29. The number of rotatable bonds is 5. The highest BCUT2D eigenvalue weighted by molar-refractivity contribution is 9.09. The third-order valence-corrected chi connectivity index (χ3v) is 5.53. The number of carbonyl (C=O) groups excluding carboxylic acids is 1. The lowest BCUT2D eigenvalue weighted by Crippen LogP contribution is -2.45. The van der Waals surface area contributed by atoms with Gasteiger partial charge in [0.15, 0.2) is 0 Å². The van der Waals surface area contributed by atoms with Gasteiger partial charge in [0.1, 0.15) is 6.54 Å². The minimum Gasteiger partial charge on any atom is -0.320 e. The summed E-state index contributed by atoms with van der Waals surface area (Å²) in [4.78, 5) is 13.5. The average Bonchev–Trinajstić information content (AvgIpc) is 2.93. The lowest BCUT2D eigenvalue weighted by molar-refractivity contribution is -0.162. The Bertz CT molecular complexity index is 760. The van der Waals surface area contributed by atoms with E-state index in [1.165, 1.54) is 0 Å². The lowest BCUT2D eigenvalue weighted by Gasteiger charge is -2.31. The van der Waals surface area contributed by atoms with Crippen LogP contribution in [0.4, 0.5) is 13.2 Å². The standard InChI is InChI=1S/C20H19BrF3NO/c1-2-7-17(21)25(12-20(22,23)24)19(26)18-15-10-5-3-8-13(15)14-9-4-6-11-16(14)18/h3-6,8-11,17-18H,2,7,12H2,1H3. The smallest absolute Gasteiger partial charge is 0.320 e. The molecule has 26 heavy (non-hydrogen) atoms. The van der Waals surface area contributed by atoms with Crippen molar-refractivity contribution in [3.05, 3.63) is 59.7 Å². The topological polar surface area (TPSA) is 20.3 Å². The molecular formula is C20H19BrF3NO. The molecule has 1 amide bonds. The molecule has 0 aliphatic heterocycles. The van der Waals surface area contributed by atoms with E-state index in [0.29, 0.717) is 12.8 Å². The molecule has 0 bridgehead atoms. The van der Waals surface area contributed by atoms with Crippen LogP contribution in [0.5, 0.6) is 0 Å².